The van der Waals surface area contributed by atoms with E-state index in [0.717, 1.165) is 12.0 Å². The largest absolute Gasteiger partial charge is 0.465 e. The monoisotopic (exact) mass is 572 g/mol. The first-order valence-electron chi connectivity index (χ1n) is 14.3. The van der Waals surface area contributed by atoms with Gasteiger partial charge in [-0.1, -0.05) is 42.8 Å². The van der Waals surface area contributed by atoms with Gasteiger partial charge in [0.2, 0.25) is 5.91 Å². The summed E-state index contributed by atoms with van der Waals surface area (Å²) in [5.74, 6) is -2.65. The van der Waals surface area contributed by atoms with Crippen LogP contribution in [0.1, 0.15) is 57.4 Å². The van der Waals surface area contributed by atoms with E-state index >= 15 is 0 Å². The Morgan fingerprint density at radius 1 is 1.25 bits per heavy atom. The van der Waals surface area contributed by atoms with E-state index in [9.17, 15) is 19.5 Å². The van der Waals surface area contributed by atoms with Crippen LogP contribution in [0.5, 0.6) is 0 Å². The van der Waals surface area contributed by atoms with Gasteiger partial charge in [-0.3, -0.25) is 14.4 Å². The number of halogens is 1. The van der Waals surface area contributed by atoms with E-state index in [-0.39, 0.29) is 38.1 Å². The van der Waals surface area contributed by atoms with E-state index in [2.05, 4.69) is 13.2 Å². The Bertz CT molecular complexity index is 1140. The van der Waals surface area contributed by atoms with Gasteiger partial charge in [-0.15, -0.1) is 13.2 Å². The normalized spacial score (nSPS) is 28.4. The molecule has 0 saturated carbocycles. The van der Waals surface area contributed by atoms with Crippen molar-refractivity contribution in [3.8, 4) is 0 Å². The molecular formula is C31H41ClN2O6. The Morgan fingerprint density at radius 2 is 2.02 bits per heavy atom. The fourth-order valence-electron chi connectivity index (χ4n) is 7.01. The number of likely N-dealkylation sites (tertiary alicyclic amines) is 1. The van der Waals surface area contributed by atoms with E-state index in [1.807, 2.05) is 26.0 Å². The van der Waals surface area contributed by atoms with Crippen LogP contribution in [0.15, 0.2) is 43.5 Å². The molecule has 1 aromatic carbocycles. The SMILES string of the molecule is C=CCCCOC(=O)[C@H]1[C@H]2C(=O)N(CCCCO)C(C(=O)N(CC=C)c3c(C)cccc3Cl)C23CC[C@]1(CC)O3. The average molecular weight is 573 g/mol. The maximum absolute atomic E-state index is 14.6. The van der Waals surface area contributed by atoms with Crippen molar-refractivity contribution >= 4 is 35.1 Å². The minimum Gasteiger partial charge on any atom is -0.465 e. The van der Waals surface area contributed by atoms with Crippen molar-refractivity contribution in [1.82, 2.24) is 4.90 Å². The summed E-state index contributed by atoms with van der Waals surface area (Å²) in [6.45, 7) is 12.1. The van der Waals surface area contributed by atoms with Crippen LogP contribution < -0.4 is 4.90 Å². The second kappa shape index (κ2) is 12.5. The molecule has 8 nitrogen and oxygen atoms in total. The van der Waals surface area contributed by atoms with E-state index in [1.54, 1.807) is 28.0 Å². The van der Waals surface area contributed by atoms with Crippen molar-refractivity contribution < 1.29 is 29.0 Å². The number of carbonyl (C=O) groups is 3. The molecule has 9 heteroatoms. The first kappa shape index (κ1) is 30.3. The Labute approximate surface area is 241 Å². The van der Waals surface area contributed by atoms with E-state index in [1.165, 1.54) is 0 Å². The number of aryl methyl sites for hydroxylation is 1. The summed E-state index contributed by atoms with van der Waals surface area (Å²) < 4.78 is 12.5. The molecule has 2 bridgehead atoms. The van der Waals surface area contributed by atoms with Gasteiger partial charge < -0.3 is 24.4 Å². The van der Waals surface area contributed by atoms with Gasteiger partial charge in [-0.2, -0.15) is 0 Å². The zero-order valence-electron chi connectivity index (χ0n) is 23.6. The summed E-state index contributed by atoms with van der Waals surface area (Å²) >= 11 is 6.61. The highest BCUT2D eigenvalue weighted by Crippen LogP contribution is 2.64. The van der Waals surface area contributed by atoms with Gasteiger partial charge in [-0.05, 0) is 63.5 Å². The van der Waals surface area contributed by atoms with Crippen LogP contribution in [-0.2, 0) is 23.9 Å². The molecule has 0 aliphatic carbocycles. The Kier molecular flexibility index (Phi) is 9.43. The van der Waals surface area contributed by atoms with Crippen LogP contribution >= 0.6 is 11.6 Å². The molecule has 40 heavy (non-hydrogen) atoms. The van der Waals surface area contributed by atoms with Gasteiger partial charge in [0.15, 0.2) is 0 Å². The number of hydrogen-bond acceptors (Lipinski definition) is 6. The highest BCUT2D eigenvalue weighted by molar-refractivity contribution is 6.34. The molecule has 3 aliphatic rings. The van der Waals surface area contributed by atoms with Gasteiger partial charge in [0.1, 0.15) is 17.6 Å². The molecule has 2 amide bonds. The van der Waals surface area contributed by atoms with Gasteiger partial charge in [-0.25, -0.2) is 0 Å². The zero-order valence-corrected chi connectivity index (χ0v) is 24.3. The summed E-state index contributed by atoms with van der Waals surface area (Å²) in [7, 11) is 0. The zero-order chi connectivity index (χ0) is 29.1. The van der Waals surface area contributed by atoms with Crippen molar-refractivity contribution in [3.63, 3.8) is 0 Å². The van der Waals surface area contributed by atoms with E-state index < -0.39 is 35.0 Å². The fourth-order valence-corrected chi connectivity index (χ4v) is 7.34. The molecule has 5 atom stereocenters. The first-order chi connectivity index (χ1) is 19.2. The van der Waals surface area contributed by atoms with Crippen LogP contribution in [0, 0.1) is 18.8 Å². The lowest BCUT2D eigenvalue weighted by atomic mass is 9.65. The number of hydrogen-bond donors (Lipinski definition) is 1. The van der Waals surface area contributed by atoms with Gasteiger partial charge >= 0.3 is 5.97 Å². The van der Waals surface area contributed by atoms with Crippen molar-refractivity contribution in [1.29, 1.82) is 0 Å². The lowest BCUT2D eigenvalue weighted by Crippen LogP contribution is -2.56. The molecule has 0 aromatic heterocycles. The van der Waals surface area contributed by atoms with Gasteiger partial charge in [0.05, 0.1) is 28.8 Å². The quantitative estimate of drug-likeness (QED) is 0.199. The molecule has 218 valence electrons. The highest BCUT2D eigenvalue weighted by atomic mass is 35.5. The molecule has 2 unspecified atom stereocenters. The second-order valence-corrected chi connectivity index (χ2v) is 11.4. The van der Waals surface area contributed by atoms with E-state index in [0.29, 0.717) is 49.2 Å². The standard InChI is InChI=1S/C31H41ClN2O6/c1-5-8-11-20-39-29(38)24-23-27(36)34(18-9-10-19-35)26(31(23)16-15-30(24,7-3)40-31)28(37)33(17-6-2)25-21(4)13-12-14-22(25)32/h5-6,12-14,23-24,26,35H,1-2,7-11,15-20H2,3-4H3/t23-,24+,26?,30-,31?/m0/s1. The number of allylic oxidation sites excluding steroid dienone is 1. The third-order valence-electron chi connectivity index (χ3n) is 8.81. The number of para-hydroxylation sites is 1. The number of aliphatic hydroxyl groups excluding tert-OH is 1. The Morgan fingerprint density at radius 3 is 2.67 bits per heavy atom. The third kappa shape index (κ3) is 4.99. The highest BCUT2D eigenvalue weighted by Gasteiger charge is 2.79. The maximum Gasteiger partial charge on any atom is 0.312 e. The van der Waals surface area contributed by atoms with Crippen LogP contribution in [0.2, 0.25) is 5.02 Å². The first-order valence-corrected chi connectivity index (χ1v) is 14.7. The second-order valence-electron chi connectivity index (χ2n) is 11.0. The number of unbranched alkanes of at least 4 members (excludes halogenated alkanes) is 2. The fraction of sp³-hybridized carbons (Fsp3) is 0.581. The summed E-state index contributed by atoms with van der Waals surface area (Å²) in [5.41, 5.74) is -0.652. The molecule has 1 N–H and O–H groups in total. The van der Waals surface area contributed by atoms with E-state index in [4.69, 9.17) is 21.1 Å². The van der Waals surface area contributed by atoms with Crippen LogP contribution in [0.25, 0.3) is 0 Å². The molecule has 0 radical (unpaired) electrons. The van der Waals surface area contributed by atoms with Gasteiger partial charge in [0.25, 0.3) is 5.91 Å². The van der Waals surface area contributed by atoms with Gasteiger partial charge in [0, 0.05) is 19.7 Å². The predicted octanol–water partition coefficient (Wildman–Crippen LogP) is 4.60. The minimum absolute atomic E-state index is 0.0221. The third-order valence-corrected chi connectivity index (χ3v) is 9.11. The number of nitrogens with zero attached hydrogens (tertiary/aromatic N) is 2. The summed E-state index contributed by atoms with van der Waals surface area (Å²) in [6, 6.07) is 4.48. The molecule has 4 rings (SSSR count). The number of anilines is 1. The lowest BCUT2D eigenvalue weighted by molar-refractivity contribution is -0.161. The van der Waals surface area contributed by atoms with Crippen molar-refractivity contribution in [2.75, 3.05) is 31.2 Å². The number of rotatable bonds is 14. The molecule has 3 fully saturated rings. The number of benzene rings is 1. The molecule has 1 aromatic rings. The maximum atomic E-state index is 14.6. The number of amides is 2. The van der Waals surface area contributed by atoms with Crippen LogP contribution in [0.3, 0.4) is 0 Å². The Hall–Kier alpha value is -2.68. The average Bonchev–Trinajstić information content (AvgIpc) is 3.54. The number of carbonyl (C=O) groups excluding carboxylic acids is 3. The minimum atomic E-state index is -1.16. The summed E-state index contributed by atoms with van der Waals surface area (Å²) in [6.07, 6.45) is 7.32. The Balaban J connectivity index is 1.77. The summed E-state index contributed by atoms with van der Waals surface area (Å²) in [4.78, 5) is 45.6. The van der Waals surface area contributed by atoms with Crippen molar-refractivity contribution in [2.24, 2.45) is 11.8 Å². The lowest BCUT2D eigenvalue weighted by Gasteiger charge is -2.37. The van der Waals surface area contributed by atoms with Crippen LogP contribution in [-0.4, -0.2) is 71.3 Å². The van der Waals surface area contributed by atoms with Crippen LogP contribution in [0.4, 0.5) is 5.69 Å². The molecular weight excluding hydrogens is 532 g/mol. The summed E-state index contributed by atoms with van der Waals surface area (Å²) in [5, 5.41) is 9.84. The number of ether oxygens (including phenoxy) is 2. The van der Waals surface area contributed by atoms with Crippen molar-refractivity contribution in [3.05, 3.63) is 54.1 Å². The number of esters is 1. The molecule has 3 saturated heterocycles. The molecule has 3 aliphatic heterocycles. The smallest absolute Gasteiger partial charge is 0.312 e. The molecule has 1 spiro atoms. The number of fused-ring (bicyclic) bond motifs is 1. The van der Waals surface area contributed by atoms with Crippen molar-refractivity contribution in [2.45, 2.75) is 76.0 Å². The molecule has 3 heterocycles. The topological polar surface area (TPSA) is 96.4 Å². The predicted molar refractivity (Wildman–Crippen MR) is 154 cm³/mol. The number of aliphatic hydroxyl groups is 1.